The van der Waals surface area contributed by atoms with Gasteiger partial charge in [-0.25, -0.2) is 16.8 Å². The lowest BCUT2D eigenvalue weighted by atomic mass is 10.3. The van der Waals surface area contributed by atoms with Crippen molar-refractivity contribution >= 4 is 42.9 Å². The average Bonchev–Trinajstić information content (AvgIpc) is 2.48. The quantitative estimate of drug-likeness (QED) is 0.816. The summed E-state index contributed by atoms with van der Waals surface area (Å²) >= 11 is 11.6. The van der Waals surface area contributed by atoms with Gasteiger partial charge in [-0.2, -0.15) is 0 Å². The molecule has 1 aromatic heterocycles. The van der Waals surface area contributed by atoms with Crippen LogP contribution in [0.5, 0.6) is 0 Å². The number of benzene rings is 1. The topological polar surface area (TPSA) is 101 Å². The van der Waals surface area contributed by atoms with Gasteiger partial charge in [-0.05, 0) is 30.3 Å². The normalized spacial score (nSPS) is 12.3. The summed E-state index contributed by atoms with van der Waals surface area (Å²) in [7, 11) is -7.46. The van der Waals surface area contributed by atoms with Crippen LogP contribution in [0, 0.1) is 0 Å². The molecule has 0 radical (unpaired) electrons. The zero-order chi connectivity index (χ0) is 18.1. The predicted molar refractivity (Wildman–Crippen MR) is 92.1 cm³/mol. The van der Waals surface area contributed by atoms with Crippen LogP contribution in [0.4, 0.5) is 0 Å². The largest absolute Gasteiger partial charge is 0.313 e. The van der Waals surface area contributed by atoms with Gasteiger partial charge < -0.3 is 4.98 Å². The molecule has 0 aliphatic rings. The second kappa shape index (κ2) is 6.87. The van der Waals surface area contributed by atoms with Crippen LogP contribution in [0.15, 0.2) is 45.0 Å². The van der Waals surface area contributed by atoms with Crippen LogP contribution in [0.25, 0.3) is 0 Å². The van der Waals surface area contributed by atoms with Crippen LogP contribution < -0.4 is 5.56 Å². The number of sulfone groups is 2. The number of pyridine rings is 1. The highest BCUT2D eigenvalue weighted by molar-refractivity contribution is 7.91. The summed E-state index contributed by atoms with van der Waals surface area (Å²) in [6.45, 7) is 1.44. The maximum absolute atomic E-state index is 12.4. The highest BCUT2D eigenvalue weighted by Gasteiger charge is 2.20. The molecular weight excluding hydrogens is 397 g/mol. The molecular formula is C14H13Cl2NO5S2. The van der Waals surface area contributed by atoms with E-state index in [2.05, 4.69) is 4.98 Å². The number of H-pyrrole nitrogens is 1. The third kappa shape index (κ3) is 4.18. The fourth-order valence-corrected chi connectivity index (χ4v) is 4.84. The van der Waals surface area contributed by atoms with Crippen molar-refractivity contribution in [1.82, 2.24) is 4.98 Å². The lowest BCUT2D eigenvalue weighted by molar-refractivity contribution is 0.593. The van der Waals surface area contributed by atoms with E-state index in [0.29, 0.717) is 0 Å². The van der Waals surface area contributed by atoms with Crippen LogP contribution in [0.1, 0.15) is 12.5 Å². The van der Waals surface area contributed by atoms with Gasteiger partial charge in [0.05, 0.1) is 16.4 Å². The zero-order valence-corrected chi connectivity index (χ0v) is 15.6. The summed E-state index contributed by atoms with van der Waals surface area (Å²) in [5, 5.41) is 0.0562. The van der Waals surface area contributed by atoms with Gasteiger partial charge >= 0.3 is 0 Å². The van der Waals surface area contributed by atoms with E-state index in [1.54, 1.807) is 0 Å². The first kappa shape index (κ1) is 19.0. The number of hydrogen-bond acceptors (Lipinski definition) is 5. The molecule has 0 atom stereocenters. The molecule has 2 rings (SSSR count). The van der Waals surface area contributed by atoms with E-state index in [4.69, 9.17) is 23.2 Å². The number of rotatable bonds is 5. The van der Waals surface area contributed by atoms with Gasteiger partial charge in [0.1, 0.15) is 5.03 Å². The van der Waals surface area contributed by atoms with Gasteiger partial charge in [-0.3, -0.25) is 4.79 Å². The van der Waals surface area contributed by atoms with Crippen molar-refractivity contribution in [3.63, 3.8) is 0 Å². The molecule has 0 aliphatic heterocycles. The van der Waals surface area contributed by atoms with Crippen molar-refractivity contribution < 1.29 is 16.8 Å². The molecule has 1 heterocycles. The van der Waals surface area contributed by atoms with E-state index >= 15 is 0 Å². The maximum Gasteiger partial charge on any atom is 0.253 e. The summed E-state index contributed by atoms with van der Waals surface area (Å²) in [6.07, 6.45) is 0. The molecule has 1 N–H and O–H groups in total. The Labute approximate surface area is 149 Å². The molecule has 0 fully saturated rings. The molecule has 0 unspecified atom stereocenters. The van der Waals surface area contributed by atoms with Crippen molar-refractivity contribution in [2.75, 3.05) is 5.75 Å². The summed E-state index contributed by atoms with van der Waals surface area (Å²) < 4.78 is 48.3. The van der Waals surface area contributed by atoms with Crippen LogP contribution in [-0.2, 0) is 25.4 Å². The minimum atomic E-state index is -3.87. The molecule has 130 valence electrons. The molecule has 0 saturated heterocycles. The Morgan fingerprint density at radius 2 is 1.54 bits per heavy atom. The molecule has 0 bridgehead atoms. The highest BCUT2D eigenvalue weighted by atomic mass is 35.5. The maximum atomic E-state index is 12.4. The first-order valence-corrected chi connectivity index (χ1v) is 10.7. The van der Waals surface area contributed by atoms with Crippen LogP contribution in [0.2, 0.25) is 10.0 Å². The van der Waals surface area contributed by atoms with Crippen molar-refractivity contribution in [1.29, 1.82) is 0 Å². The van der Waals surface area contributed by atoms with Gasteiger partial charge in [-0.15, -0.1) is 0 Å². The van der Waals surface area contributed by atoms with E-state index in [9.17, 15) is 21.6 Å². The average molecular weight is 410 g/mol. The van der Waals surface area contributed by atoms with Crippen LogP contribution >= 0.6 is 23.2 Å². The third-order valence-corrected chi connectivity index (χ3v) is 6.97. The molecule has 1 aromatic carbocycles. The summed E-state index contributed by atoms with van der Waals surface area (Å²) in [5.74, 6) is -0.785. The Bertz CT molecular complexity index is 1020. The van der Waals surface area contributed by atoms with Gasteiger partial charge in [0.15, 0.2) is 19.7 Å². The first-order valence-electron chi connectivity index (χ1n) is 6.69. The standard InChI is InChI=1S/C14H13Cl2NO5S2/c1-2-23(19,20)13-4-3-9(14(18)17-13)8-24(21,22)12-6-10(15)5-11(16)7-12/h3-7H,2,8H2,1H3,(H,17,18). The van der Waals surface area contributed by atoms with Crippen molar-refractivity contribution in [2.24, 2.45) is 0 Å². The van der Waals surface area contributed by atoms with Crippen molar-refractivity contribution in [3.8, 4) is 0 Å². The molecule has 10 heteroatoms. The van der Waals surface area contributed by atoms with Gasteiger partial charge in [0.25, 0.3) is 5.56 Å². The molecule has 0 aliphatic carbocycles. The van der Waals surface area contributed by atoms with Gasteiger partial charge in [-0.1, -0.05) is 30.1 Å². The van der Waals surface area contributed by atoms with Gasteiger partial charge in [0.2, 0.25) is 0 Å². The lowest BCUT2D eigenvalue weighted by Crippen LogP contribution is -2.20. The minimum Gasteiger partial charge on any atom is -0.313 e. The first-order chi connectivity index (χ1) is 11.0. The monoisotopic (exact) mass is 409 g/mol. The molecule has 24 heavy (non-hydrogen) atoms. The summed E-state index contributed by atoms with van der Waals surface area (Å²) in [6, 6.07) is 6.21. The van der Waals surface area contributed by atoms with E-state index in [0.717, 1.165) is 0 Å². The van der Waals surface area contributed by atoms with E-state index in [-0.39, 0.29) is 31.3 Å². The Morgan fingerprint density at radius 3 is 2.04 bits per heavy atom. The van der Waals surface area contributed by atoms with E-state index in [1.165, 1.54) is 37.3 Å². The predicted octanol–water partition coefficient (Wildman–Crippen LogP) is 2.45. The van der Waals surface area contributed by atoms with Crippen LogP contribution in [-0.4, -0.2) is 27.6 Å². The molecule has 0 amide bonds. The van der Waals surface area contributed by atoms with Crippen molar-refractivity contribution in [2.45, 2.75) is 22.6 Å². The number of hydrogen-bond donors (Lipinski definition) is 1. The fraction of sp³-hybridized carbons (Fsp3) is 0.214. The smallest absolute Gasteiger partial charge is 0.253 e. The Balaban J connectivity index is 2.42. The van der Waals surface area contributed by atoms with Crippen LogP contribution in [0.3, 0.4) is 0 Å². The summed E-state index contributed by atoms with van der Waals surface area (Å²) in [5.41, 5.74) is -0.859. The lowest BCUT2D eigenvalue weighted by Gasteiger charge is -2.07. The minimum absolute atomic E-state index is 0.0823. The van der Waals surface area contributed by atoms with E-state index < -0.39 is 31.0 Å². The zero-order valence-electron chi connectivity index (χ0n) is 12.4. The SMILES string of the molecule is CCS(=O)(=O)c1ccc(CS(=O)(=O)c2cc(Cl)cc(Cl)c2)c(=O)[nH]1. The Hall–Kier alpha value is -1.35. The third-order valence-electron chi connectivity index (χ3n) is 3.22. The van der Waals surface area contributed by atoms with Crippen molar-refractivity contribution in [3.05, 3.63) is 56.3 Å². The number of nitrogens with one attached hydrogen (secondary N) is 1. The summed E-state index contributed by atoms with van der Waals surface area (Å²) in [4.78, 5) is 14.1. The molecule has 0 saturated carbocycles. The van der Waals surface area contributed by atoms with E-state index in [1.807, 2.05) is 0 Å². The highest BCUT2D eigenvalue weighted by Crippen LogP contribution is 2.24. The number of halogens is 2. The second-order valence-corrected chi connectivity index (χ2v) is 10.1. The fourth-order valence-electron chi connectivity index (χ4n) is 1.93. The Morgan fingerprint density at radius 1 is 0.958 bits per heavy atom. The Kier molecular flexibility index (Phi) is 5.44. The number of aromatic amines is 1. The second-order valence-electron chi connectivity index (χ2n) is 4.94. The molecule has 2 aromatic rings. The number of aromatic nitrogens is 1. The van der Waals surface area contributed by atoms with Gasteiger partial charge in [0, 0.05) is 15.6 Å². The molecule has 0 spiro atoms. The molecule has 6 nitrogen and oxygen atoms in total.